The van der Waals surface area contributed by atoms with Gasteiger partial charge in [-0.1, -0.05) is 25.6 Å². The molecule has 0 bridgehead atoms. The van der Waals surface area contributed by atoms with Crippen molar-refractivity contribution in [3.63, 3.8) is 0 Å². The van der Waals surface area contributed by atoms with Crippen LogP contribution in [0.15, 0.2) is 4.99 Å². The van der Waals surface area contributed by atoms with Gasteiger partial charge in [-0.2, -0.15) is 11.8 Å². The molecule has 94 valence electrons. The van der Waals surface area contributed by atoms with E-state index < -0.39 is 0 Å². The third-order valence-electron chi connectivity index (χ3n) is 3.22. The van der Waals surface area contributed by atoms with Gasteiger partial charge in [0, 0.05) is 17.8 Å². The maximum absolute atomic E-state index is 4.65. The topological polar surface area (TPSA) is 24.4 Å². The zero-order chi connectivity index (χ0) is 11.9. The van der Waals surface area contributed by atoms with Gasteiger partial charge in [0.1, 0.15) is 0 Å². The number of unbranched alkanes of at least 4 members (excludes halogenated alkanes) is 1. The van der Waals surface area contributed by atoms with E-state index in [1.165, 1.54) is 42.4 Å². The first-order valence-electron chi connectivity index (χ1n) is 6.20. The second kappa shape index (κ2) is 7.49. The van der Waals surface area contributed by atoms with Crippen LogP contribution in [0.2, 0.25) is 0 Å². The van der Waals surface area contributed by atoms with Gasteiger partial charge in [0.25, 0.3) is 0 Å². The lowest BCUT2D eigenvalue weighted by Gasteiger charge is -2.25. The van der Waals surface area contributed by atoms with Gasteiger partial charge in [0.05, 0.1) is 0 Å². The molecule has 0 radical (unpaired) electrons. The Kier molecular flexibility index (Phi) is 6.66. The Bertz CT molecular complexity index is 225. The predicted octanol–water partition coefficient (Wildman–Crippen LogP) is 3.38. The molecule has 1 fully saturated rings. The summed E-state index contributed by atoms with van der Waals surface area (Å²) in [7, 11) is 0. The monoisotopic (exact) mass is 260 g/mol. The van der Waals surface area contributed by atoms with E-state index in [4.69, 9.17) is 0 Å². The Morgan fingerprint density at radius 1 is 1.38 bits per heavy atom. The number of nitrogens with zero attached hydrogens (tertiary/aromatic N) is 1. The molecule has 0 amide bonds. The SMILES string of the molecule is CCC1(CC)CSC(=NCCCCSC)N1. The fourth-order valence-electron chi connectivity index (χ4n) is 1.76. The van der Waals surface area contributed by atoms with Crippen molar-refractivity contribution < 1.29 is 0 Å². The largest absolute Gasteiger partial charge is 0.359 e. The molecule has 0 aromatic heterocycles. The molecule has 0 spiro atoms. The zero-order valence-electron chi connectivity index (χ0n) is 10.7. The highest BCUT2D eigenvalue weighted by Crippen LogP contribution is 2.28. The highest BCUT2D eigenvalue weighted by Gasteiger charge is 2.33. The number of hydrogen-bond donors (Lipinski definition) is 1. The molecule has 1 aliphatic rings. The van der Waals surface area contributed by atoms with Crippen LogP contribution in [0.4, 0.5) is 0 Å². The molecule has 1 aliphatic heterocycles. The molecule has 0 aliphatic carbocycles. The molecular formula is C12H24N2S2. The average Bonchev–Trinajstić information content (AvgIpc) is 2.73. The van der Waals surface area contributed by atoms with E-state index in [1.54, 1.807) is 0 Å². The van der Waals surface area contributed by atoms with Gasteiger partial charge in [-0.15, -0.1) is 0 Å². The summed E-state index contributed by atoms with van der Waals surface area (Å²) in [6, 6.07) is 0. The maximum atomic E-state index is 4.65. The van der Waals surface area contributed by atoms with Crippen LogP contribution in [0.25, 0.3) is 0 Å². The van der Waals surface area contributed by atoms with Crippen LogP contribution in [0.5, 0.6) is 0 Å². The molecule has 0 unspecified atom stereocenters. The van der Waals surface area contributed by atoms with Crippen LogP contribution < -0.4 is 5.32 Å². The van der Waals surface area contributed by atoms with Crippen molar-refractivity contribution >= 4 is 28.7 Å². The van der Waals surface area contributed by atoms with Gasteiger partial charge in [0.2, 0.25) is 0 Å². The normalized spacial score (nSPS) is 21.3. The lowest BCUT2D eigenvalue weighted by Crippen LogP contribution is -2.42. The molecule has 16 heavy (non-hydrogen) atoms. The molecule has 1 N–H and O–H groups in total. The van der Waals surface area contributed by atoms with Crippen molar-refractivity contribution in [2.75, 3.05) is 24.3 Å². The number of amidine groups is 1. The minimum Gasteiger partial charge on any atom is -0.359 e. The summed E-state index contributed by atoms with van der Waals surface area (Å²) in [6.45, 7) is 5.51. The van der Waals surface area contributed by atoms with Crippen molar-refractivity contribution in [2.45, 2.75) is 45.1 Å². The van der Waals surface area contributed by atoms with Crippen LogP contribution in [0.1, 0.15) is 39.5 Å². The van der Waals surface area contributed by atoms with E-state index in [9.17, 15) is 0 Å². The van der Waals surface area contributed by atoms with Crippen molar-refractivity contribution in [1.82, 2.24) is 5.32 Å². The lowest BCUT2D eigenvalue weighted by molar-refractivity contribution is 0.407. The first kappa shape index (κ1) is 14.2. The molecular weight excluding hydrogens is 236 g/mol. The molecule has 4 heteroatoms. The number of nitrogens with one attached hydrogen (secondary N) is 1. The van der Waals surface area contributed by atoms with Crippen molar-refractivity contribution in [3.05, 3.63) is 0 Å². The Morgan fingerprint density at radius 2 is 2.12 bits per heavy atom. The fourth-order valence-corrected chi connectivity index (χ4v) is 3.62. The van der Waals surface area contributed by atoms with Gasteiger partial charge in [0.15, 0.2) is 5.17 Å². The summed E-state index contributed by atoms with van der Waals surface area (Å²) in [5.41, 5.74) is 0.322. The van der Waals surface area contributed by atoms with E-state index in [0.29, 0.717) is 5.54 Å². The van der Waals surface area contributed by atoms with E-state index in [2.05, 4.69) is 30.4 Å². The Morgan fingerprint density at radius 3 is 2.69 bits per heavy atom. The first-order valence-corrected chi connectivity index (χ1v) is 8.58. The highest BCUT2D eigenvalue weighted by molar-refractivity contribution is 8.14. The van der Waals surface area contributed by atoms with Gasteiger partial charge < -0.3 is 5.32 Å². The number of thioether (sulfide) groups is 2. The third-order valence-corrected chi connectivity index (χ3v) is 5.12. The average molecular weight is 260 g/mol. The van der Waals surface area contributed by atoms with Crippen molar-refractivity contribution in [1.29, 1.82) is 0 Å². The number of aliphatic imine (C=N–C) groups is 1. The minimum absolute atomic E-state index is 0.322. The standard InChI is InChI=1S/C12H24N2S2/c1-4-12(5-2)10-16-11(14-12)13-8-6-7-9-15-3/h4-10H2,1-3H3,(H,13,14). The van der Waals surface area contributed by atoms with Crippen LogP contribution in [-0.2, 0) is 0 Å². The van der Waals surface area contributed by atoms with Crippen LogP contribution >= 0.6 is 23.5 Å². The highest BCUT2D eigenvalue weighted by atomic mass is 32.2. The van der Waals surface area contributed by atoms with Gasteiger partial charge >= 0.3 is 0 Å². The molecule has 0 aromatic carbocycles. The fraction of sp³-hybridized carbons (Fsp3) is 0.917. The Labute approximate surface area is 108 Å². The molecule has 0 saturated carbocycles. The van der Waals surface area contributed by atoms with Crippen molar-refractivity contribution in [2.24, 2.45) is 4.99 Å². The first-order chi connectivity index (χ1) is 7.76. The van der Waals surface area contributed by atoms with Gasteiger partial charge in [-0.25, -0.2) is 0 Å². The van der Waals surface area contributed by atoms with E-state index >= 15 is 0 Å². The van der Waals surface area contributed by atoms with E-state index in [1.807, 2.05) is 23.5 Å². The molecule has 1 rings (SSSR count). The summed E-state index contributed by atoms with van der Waals surface area (Å²) in [5, 5.41) is 4.78. The van der Waals surface area contributed by atoms with Gasteiger partial charge in [-0.05, 0) is 37.7 Å². The molecule has 2 nitrogen and oxygen atoms in total. The minimum atomic E-state index is 0.322. The van der Waals surface area contributed by atoms with E-state index in [0.717, 1.165) is 6.54 Å². The summed E-state index contributed by atoms with van der Waals surface area (Å²) < 4.78 is 0. The van der Waals surface area contributed by atoms with Gasteiger partial charge in [-0.3, -0.25) is 4.99 Å². The quantitative estimate of drug-likeness (QED) is 0.710. The lowest BCUT2D eigenvalue weighted by atomic mass is 9.96. The molecule has 0 atom stereocenters. The van der Waals surface area contributed by atoms with Crippen LogP contribution in [0.3, 0.4) is 0 Å². The molecule has 0 aromatic rings. The molecule has 1 saturated heterocycles. The third kappa shape index (κ3) is 4.21. The maximum Gasteiger partial charge on any atom is 0.157 e. The summed E-state index contributed by atoms with van der Waals surface area (Å²) >= 11 is 3.82. The number of rotatable bonds is 7. The second-order valence-corrected chi connectivity index (χ2v) is 6.24. The van der Waals surface area contributed by atoms with Crippen LogP contribution in [0, 0.1) is 0 Å². The second-order valence-electron chi connectivity index (χ2n) is 4.29. The number of hydrogen-bond acceptors (Lipinski definition) is 3. The van der Waals surface area contributed by atoms with Crippen LogP contribution in [-0.4, -0.2) is 35.0 Å². The summed E-state index contributed by atoms with van der Waals surface area (Å²) in [6.07, 6.45) is 7.06. The Balaban J connectivity index is 2.26. The van der Waals surface area contributed by atoms with Crippen molar-refractivity contribution in [3.8, 4) is 0 Å². The smallest absolute Gasteiger partial charge is 0.157 e. The predicted molar refractivity (Wildman–Crippen MR) is 78.8 cm³/mol. The zero-order valence-corrected chi connectivity index (χ0v) is 12.3. The molecule has 1 heterocycles. The Hall–Kier alpha value is 0.170. The summed E-state index contributed by atoms with van der Waals surface area (Å²) in [5.74, 6) is 2.45. The summed E-state index contributed by atoms with van der Waals surface area (Å²) in [4.78, 5) is 4.65. The van der Waals surface area contributed by atoms with E-state index in [-0.39, 0.29) is 0 Å².